The second-order valence-electron chi connectivity index (χ2n) is 3.39. The van der Waals surface area contributed by atoms with Crippen LogP contribution in [0.4, 0.5) is 13.2 Å². The van der Waals surface area contributed by atoms with Gasteiger partial charge in [-0.05, 0) is 18.2 Å². The Kier molecular flexibility index (Phi) is 3.22. The van der Waals surface area contributed by atoms with Crippen molar-refractivity contribution in [3.63, 3.8) is 0 Å². The zero-order valence-corrected chi connectivity index (χ0v) is 10.6. The number of pyridine rings is 2. The maximum Gasteiger partial charge on any atom is 0.534 e. The Hall–Kier alpha value is -1.68. The number of nitrogens with one attached hydrogen (secondary N) is 1. The molecule has 0 amide bonds. The number of rotatable bonds is 2. The standard InChI is InChI=1S/C9H5F3N2O3S2/c10-9(11,12)19(15,16)17-6-3-1-5-2-4-7(18)14-8(5)13-6/h1-4H,(H,13,14,18). The van der Waals surface area contributed by atoms with Crippen molar-refractivity contribution in [2.24, 2.45) is 0 Å². The number of fused-ring (bicyclic) bond motifs is 1. The summed E-state index contributed by atoms with van der Waals surface area (Å²) >= 11 is 4.82. The lowest BCUT2D eigenvalue weighted by atomic mass is 10.3. The maximum atomic E-state index is 12.1. The molecule has 0 aliphatic rings. The smallest absolute Gasteiger partial charge is 0.355 e. The quantitative estimate of drug-likeness (QED) is 0.524. The van der Waals surface area contributed by atoms with Crippen LogP contribution in [0, 0.1) is 4.64 Å². The van der Waals surface area contributed by atoms with E-state index in [9.17, 15) is 21.6 Å². The molecule has 0 atom stereocenters. The molecule has 102 valence electrons. The van der Waals surface area contributed by atoms with Gasteiger partial charge >= 0.3 is 15.6 Å². The molecule has 0 fully saturated rings. The van der Waals surface area contributed by atoms with E-state index in [1.807, 2.05) is 0 Å². The van der Waals surface area contributed by atoms with E-state index in [-0.39, 0.29) is 5.65 Å². The van der Waals surface area contributed by atoms with E-state index in [0.717, 1.165) is 6.07 Å². The summed E-state index contributed by atoms with van der Waals surface area (Å²) in [6.07, 6.45) is 0. The second-order valence-corrected chi connectivity index (χ2v) is 5.37. The van der Waals surface area contributed by atoms with Crippen molar-refractivity contribution >= 4 is 33.4 Å². The number of hydrogen-bond donors (Lipinski definition) is 1. The summed E-state index contributed by atoms with van der Waals surface area (Å²) in [7, 11) is -5.73. The predicted molar refractivity (Wildman–Crippen MR) is 62.5 cm³/mol. The highest BCUT2D eigenvalue weighted by Gasteiger charge is 2.48. The van der Waals surface area contributed by atoms with Gasteiger partial charge in [0.15, 0.2) is 0 Å². The fourth-order valence-corrected chi connectivity index (χ4v) is 1.79. The van der Waals surface area contributed by atoms with E-state index in [4.69, 9.17) is 12.2 Å². The lowest BCUT2D eigenvalue weighted by molar-refractivity contribution is -0.0501. The molecule has 5 nitrogen and oxygen atoms in total. The molecule has 2 aromatic rings. The third-order valence-electron chi connectivity index (χ3n) is 2.04. The number of nitrogens with zero attached hydrogens (tertiary/aromatic N) is 1. The van der Waals surface area contributed by atoms with Gasteiger partial charge in [-0.25, -0.2) is 0 Å². The van der Waals surface area contributed by atoms with Crippen LogP contribution in [-0.4, -0.2) is 23.9 Å². The molecular formula is C9H5F3N2O3S2. The lowest BCUT2D eigenvalue weighted by Gasteiger charge is -2.08. The Labute approximate surface area is 110 Å². The molecule has 2 aromatic heterocycles. The Morgan fingerprint density at radius 2 is 1.84 bits per heavy atom. The number of aromatic amines is 1. The average Bonchev–Trinajstić information content (AvgIpc) is 2.26. The van der Waals surface area contributed by atoms with Crippen molar-refractivity contribution < 1.29 is 25.8 Å². The van der Waals surface area contributed by atoms with E-state index in [0.29, 0.717) is 10.0 Å². The number of hydrogen-bond acceptors (Lipinski definition) is 5. The zero-order valence-electron chi connectivity index (χ0n) is 8.93. The first-order valence-corrected chi connectivity index (χ1v) is 6.51. The maximum absolute atomic E-state index is 12.1. The van der Waals surface area contributed by atoms with Crippen LogP contribution in [0.2, 0.25) is 0 Å². The summed E-state index contributed by atoms with van der Waals surface area (Å²) in [5.41, 5.74) is -5.38. The van der Waals surface area contributed by atoms with Crippen LogP contribution >= 0.6 is 12.2 Å². The van der Waals surface area contributed by atoms with Gasteiger partial charge in [0.05, 0.1) is 0 Å². The first-order chi connectivity index (χ1) is 8.69. The molecule has 0 aromatic carbocycles. The fraction of sp³-hybridized carbons (Fsp3) is 0.111. The van der Waals surface area contributed by atoms with Crippen molar-refractivity contribution in [1.29, 1.82) is 0 Å². The molecule has 0 saturated heterocycles. The second kappa shape index (κ2) is 4.46. The van der Waals surface area contributed by atoms with Gasteiger partial charge in [-0.15, -0.1) is 0 Å². The van der Waals surface area contributed by atoms with Gasteiger partial charge in [0.1, 0.15) is 10.3 Å². The minimum Gasteiger partial charge on any atom is -0.355 e. The number of alkyl halides is 3. The van der Waals surface area contributed by atoms with Crippen LogP contribution in [0.1, 0.15) is 0 Å². The van der Waals surface area contributed by atoms with Gasteiger partial charge in [0.2, 0.25) is 5.88 Å². The Morgan fingerprint density at radius 1 is 1.21 bits per heavy atom. The largest absolute Gasteiger partial charge is 0.534 e. The molecule has 19 heavy (non-hydrogen) atoms. The molecule has 0 bridgehead atoms. The molecule has 10 heteroatoms. The van der Waals surface area contributed by atoms with Crippen molar-refractivity contribution in [2.75, 3.05) is 0 Å². The number of H-pyrrole nitrogens is 1. The lowest BCUT2D eigenvalue weighted by Crippen LogP contribution is -2.28. The SMILES string of the molecule is O=S(=O)(Oc1ccc2ccc(=S)[nH]c2n1)C(F)(F)F. The average molecular weight is 310 g/mol. The highest BCUT2D eigenvalue weighted by molar-refractivity contribution is 7.87. The molecule has 1 N–H and O–H groups in total. The van der Waals surface area contributed by atoms with Crippen LogP contribution in [0.25, 0.3) is 11.0 Å². The van der Waals surface area contributed by atoms with Gasteiger partial charge in [0.25, 0.3) is 0 Å². The Morgan fingerprint density at radius 3 is 2.47 bits per heavy atom. The molecule has 2 rings (SSSR count). The van der Waals surface area contributed by atoms with Crippen LogP contribution in [-0.2, 0) is 10.1 Å². The van der Waals surface area contributed by atoms with Crippen LogP contribution < -0.4 is 4.18 Å². The minimum atomic E-state index is -5.73. The van der Waals surface area contributed by atoms with Crippen molar-refractivity contribution in [1.82, 2.24) is 9.97 Å². The summed E-state index contributed by atoms with van der Waals surface area (Å²) in [5.74, 6) is -0.693. The molecule has 0 saturated carbocycles. The molecule has 0 aliphatic carbocycles. The highest BCUT2D eigenvalue weighted by atomic mass is 32.2. The summed E-state index contributed by atoms with van der Waals surface area (Å²) in [6.45, 7) is 0. The first kappa shape index (κ1) is 13.7. The molecule has 0 aliphatic heterocycles. The predicted octanol–water partition coefficient (Wildman–Crippen LogP) is 2.52. The van der Waals surface area contributed by atoms with E-state index < -0.39 is 21.5 Å². The minimum absolute atomic E-state index is 0.127. The molecule has 2 heterocycles. The summed E-state index contributed by atoms with van der Waals surface area (Å²) < 4.78 is 62.2. The normalized spacial score (nSPS) is 12.6. The Bertz CT molecular complexity index is 783. The van der Waals surface area contributed by atoms with Crippen molar-refractivity contribution in [3.8, 4) is 5.88 Å². The molecule has 0 radical (unpaired) electrons. The van der Waals surface area contributed by atoms with Gasteiger partial charge < -0.3 is 9.17 Å². The summed E-state index contributed by atoms with van der Waals surface area (Å²) in [6, 6.07) is 5.52. The highest BCUT2D eigenvalue weighted by Crippen LogP contribution is 2.26. The van der Waals surface area contributed by atoms with E-state index >= 15 is 0 Å². The summed E-state index contributed by atoms with van der Waals surface area (Å²) in [4.78, 5) is 6.21. The van der Waals surface area contributed by atoms with Crippen LogP contribution in [0.15, 0.2) is 24.3 Å². The van der Waals surface area contributed by atoms with Gasteiger partial charge in [-0.2, -0.15) is 26.6 Å². The van der Waals surface area contributed by atoms with Crippen LogP contribution in [0.5, 0.6) is 5.88 Å². The summed E-state index contributed by atoms with van der Waals surface area (Å²) in [5, 5.41) is 0.547. The monoisotopic (exact) mass is 310 g/mol. The van der Waals surface area contributed by atoms with Crippen LogP contribution in [0.3, 0.4) is 0 Å². The number of aromatic nitrogens is 2. The van der Waals surface area contributed by atoms with Gasteiger partial charge in [0, 0.05) is 11.5 Å². The Balaban J connectivity index is 2.45. The molecular weight excluding hydrogens is 305 g/mol. The van der Waals surface area contributed by atoms with Crippen molar-refractivity contribution in [3.05, 3.63) is 28.9 Å². The first-order valence-electron chi connectivity index (χ1n) is 4.70. The zero-order chi connectivity index (χ0) is 14.3. The van der Waals surface area contributed by atoms with E-state index in [1.54, 1.807) is 12.1 Å². The van der Waals surface area contributed by atoms with E-state index in [2.05, 4.69) is 14.2 Å². The topological polar surface area (TPSA) is 72.1 Å². The molecule has 0 spiro atoms. The third-order valence-corrected chi connectivity index (χ3v) is 3.23. The van der Waals surface area contributed by atoms with E-state index in [1.165, 1.54) is 6.07 Å². The van der Waals surface area contributed by atoms with Gasteiger partial charge in [-0.1, -0.05) is 12.2 Å². The van der Waals surface area contributed by atoms with Crippen molar-refractivity contribution in [2.45, 2.75) is 5.51 Å². The fourth-order valence-electron chi connectivity index (χ4n) is 1.22. The molecule has 0 unspecified atom stereocenters. The number of halogens is 3. The van der Waals surface area contributed by atoms with Gasteiger partial charge in [-0.3, -0.25) is 0 Å². The third kappa shape index (κ3) is 2.84.